The molecule has 3 amide bonds. The zero-order valence-electron chi connectivity index (χ0n) is 17.2. The summed E-state index contributed by atoms with van der Waals surface area (Å²) in [6.07, 6.45) is -0.672. The molecule has 7 nitrogen and oxygen atoms in total. The largest absolute Gasteiger partial charge is 0.481 e. The van der Waals surface area contributed by atoms with Crippen LogP contribution in [0.15, 0.2) is 42.5 Å². The molecule has 0 aromatic heterocycles. The summed E-state index contributed by atoms with van der Waals surface area (Å²) in [5.74, 6) is -0.0347. The fourth-order valence-corrected chi connectivity index (χ4v) is 2.51. The Morgan fingerprint density at radius 3 is 2.21 bits per heavy atom. The first-order valence-electron chi connectivity index (χ1n) is 9.43. The van der Waals surface area contributed by atoms with Gasteiger partial charge < -0.3 is 20.7 Å². The number of anilines is 1. The van der Waals surface area contributed by atoms with Crippen LogP contribution in [0, 0.1) is 13.8 Å². The molecule has 0 heterocycles. The molecule has 154 valence electrons. The monoisotopic (exact) mass is 397 g/mol. The first-order valence-corrected chi connectivity index (χ1v) is 9.43. The molecule has 1 unspecified atom stereocenters. The van der Waals surface area contributed by atoms with Crippen LogP contribution in [-0.2, 0) is 9.59 Å². The van der Waals surface area contributed by atoms with Crippen molar-refractivity contribution in [2.75, 3.05) is 18.4 Å². The third-order valence-electron chi connectivity index (χ3n) is 4.36. The van der Waals surface area contributed by atoms with Crippen molar-refractivity contribution in [3.63, 3.8) is 0 Å². The molecule has 0 spiro atoms. The highest BCUT2D eigenvalue weighted by Crippen LogP contribution is 2.18. The summed E-state index contributed by atoms with van der Waals surface area (Å²) in [4.78, 5) is 35.2. The van der Waals surface area contributed by atoms with Crippen molar-refractivity contribution in [2.24, 2.45) is 0 Å². The molecule has 0 radical (unpaired) electrons. The minimum absolute atomic E-state index is 0.143. The minimum Gasteiger partial charge on any atom is -0.481 e. The maximum atomic E-state index is 12.4. The van der Waals surface area contributed by atoms with Crippen LogP contribution in [0.4, 0.5) is 5.69 Å². The lowest BCUT2D eigenvalue weighted by molar-refractivity contribution is -0.122. The number of benzene rings is 2. The number of rotatable bonds is 8. The molecule has 29 heavy (non-hydrogen) atoms. The van der Waals surface area contributed by atoms with E-state index < -0.39 is 6.10 Å². The standard InChI is InChI=1S/C22H27N3O4/c1-14-5-10-20(13-15(14)2)29-16(3)21(27)25-19-8-6-18(7-9-19)22(28)24-12-11-23-17(4)26/h5-10,13,16H,11-12H2,1-4H3,(H,23,26)(H,24,28)(H,25,27). The van der Waals surface area contributed by atoms with Gasteiger partial charge in [0.1, 0.15) is 5.75 Å². The Labute approximate surface area is 170 Å². The highest BCUT2D eigenvalue weighted by molar-refractivity contribution is 5.96. The number of hydrogen-bond acceptors (Lipinski definition) is 4. The van der Waals surface area contributed by atoms with E-state index in [4.69, 9.17) is 4.74 Å². The molecule has 0 bridgehead atoms. The first kappa shape index (κ1) is 21.9. The van der Waals surface area contributed by atoms with Crippen molar-refractivity contribution in [3.8, 4) is 5.75 Å². The van der Waals surface area contributed by atoms with Crippen molar-refractivity contribution in [1.29, 1.82) is 0 Å². The number of amides is 3. The number of carbonyl (C=O) groups excluding carboxylic acids is 3. The summed E-state index contributed by atoms with van der Waals surface area (Å²) < 4.78 is 5.71. The van der Waals surface area contributed by atoms with Crippen LogP contribution in [0.5, 0.6) is 5.75 Å². The van der Waals surface area contributed by atoms with E-state index in [0.29, 0.717) is 30.1 Å². The Balaban J connectivity index is 1.86. The first-order chi connectivity index (χ1) is 13.8. The number of carbonyl (C=O) groups is 3. The average molecular weight is 397 g/mol. The van der Waals surface area contributed by atoms with E-state index in [9.17, 15) is 14.4 Å². The van der Waals surface area contributed by atoms with E-state index in [0.717, 1.165) is 11.1 Å². The van der Waals surface area contributed by atoms with Gasteiger partial charge in [0, 0.05) is 31.3 Å². The van der Waals surface area contributed by atoms with Gasteiger partial charge in [-0.05, 0) is 68.3 Å². The van der Waals surface area contributed by atoms with E-state index in [2.05, 4.69) is 16.0 Å². The molecule has 2 aromatic carbocycles. The molecular formula is C22H27N3O4. The quantitative estimate of drug-likeness (QED) is 0.597. The fourth-order valence-electron chi connectivity index (χ4n) is 2.51. The zero-order chi connectivity index (χ0) is 21.4. The highest BCUT2D eigenvalue weighted by atomic mass is 16.5. The number of nitrogens with one attached hydrogen (secondary N) is 3. The molecule has 0 saturated carbocycles. The number of ether oxygens (including phenoxy) is 1. The summed E-state index contributed by atoms with van der Waals surface area (Å²) in [6, 6.07) is 12.3. The van der Waals surface area contributed by atoms with Crippen molar-refractivity contribution in [1.82, 2.24) is 10.6 Å². The Kier molecular flexibility index (Phi) is 7.77. The molecule has 0 aliphatic carbocycles. The van der Waals surface area contributed by atoms with Gasteiger partial charge in [0.25, 0.3) is 11.8 Å². The summed E-state index contributed by atoms with van der Waals surface area (Å²) in [5.41, 5.74) is 3.29. The minimum atomic E-state index is -0.672. The summed E-state index contributed by atoms with van der Waals surface area (Å²) in [6.45, 7) is 7.81. The van der Waals surface area contributed by atoms with Crippen LogP contribution in [0.2, 0.25) is 0 Å². The SMILES string of the molecule is CC(=O)NCCNC(=O)c1ccc(NC(=O)C(C)Oc2ccc(C)c(C)c2)cc1. The van der Waals surface area contributed by atoms with Crippen molar-refractivity contribution in [3.05, 3.63) is 59.2 Å². The van der Waals surface area contributed by atoms with Gasteiger partial charge in [-0.15, -0.1) is 0 Å². The maximum Gasteiger partial charge on any atom is 0.265 e. The van der Waals surface area contributed by atoms with Crippen LogP contribution in [0.25, 0.3) is 0 Å². The molecular weight excluding hydrogens is 370 g/mol. The predicted octanol–water partition coefficient (Wildman–Crippen LogP) is 2.58. The Morgan fingerprint density at radius 2 is 1.59 bits per heavy atom. The van der Waals surface area contributed by atoms with E-state index in [1.807, 2.05) is 32.0 Å². The van der Waals surface area contributed by atoms with Gasteiger partial charge in [-0.2, -0.15) is 0 Å². The molecule has 3 N–H and O–H groups in total. The van der Waals surface area contributed by atoms with Gasteiger partial charge >= 0.3 is 0 Å². The molecule has 7 heteroatoms. The van der Waals surface area contributed by atoms with Gasteiger partial charge in [-0.3, -0.25) is 14.4 Å². The second-order valence-electron chi connectivity index (χ2n) is 6.81. The second kappa shape index (κ2) is 10.3. The van der Waals surface area contributed by atoms with Crippen LogP contribution >= 0.6 is 0 Å². The molecule has 0 fully saturated rings. The van der Waals surface area contributed by atoms with Crippen LogP contribution in [0.3, 0.4) is 0 Å². The lowest BCUT2D eigenvalue weighted by Gasteiger charge is -2.16. The smallest absolute Gasteiger partial charge is 0.265 e. The number of aryl methyl sites for hydroxylation is 2. The molecule has 1 atom stereocenters. The lowest BCUT2D eigenvalue weighted by atomic mass is 10.1. The third kappa shape index (κ3) is 6.95. The third-order valence-corrected chi connectivity index (χ3v) is 4.36. The highest BCUT2D eigenvalue weighted by Gasteiger charge is 2.15. The Bertz CT molecular complexity index is 878. The van der Waals surface area contributed by atoms with E-state index in [1.54, 1.807) is 31.2 Å². The summed E-state index contributed by atoms with van der Waals surface area (Å²) in [5, 5.41) is 8.09. The molecule has 0 aliphatic heterocycles. The van der Waals surface area contributed by atoms with Crippen molar-refractivity contribution in [2.45, 2.75) is 33.8 Å². The van der Waals surface area contributed by atoms with Gasteiger partial charge in [0.05, 0.1) is 0 Å². The van der Waals surface area contributed by atoms with Gasteiger partial charge in [-0.25, -0.2) is 0 Å². The number of hydrogen-bond donors (Lipinski definition) is 3. The zero-order valence-corrected chi connectivity index (χ0v) is 17.2. The molecule has 2 aromatic rings. The predicted molar refractivity (Wildman–Crippen MR) is 112 cm³/mol. The molecule has 0 saturated heterocycles. The van der Waals surface area contributed by atoms with E-state index >= 15 is 0 Å². The van der Waals surface area contributed by atoms with E-state index in [1.165, 1.54) is 6.92 Å². The maximum absolute atomic E-state index is 12.4. The normalized spacial score (nSPS) is 11.3. The van der Waals surface area contributed by atoms with Gasteiger partial charge in [0.2, 0.25) is 5.91 Å². The van der Waals surface area contributed by atoms with Crippen molar-refractivity contribution >= 4 is 23.4 Å². The Morgan fingerprint density at radius 1 is 0.931 bits per heavy atom. The summed E-state index contributed by atoms with van der Waals surface area (Å²) >= 11 is 0. The van der Waals surface area contributed by atoms with Crippen molar-refractivity contribution < 1.29 is 19.1 Å². The second-order valence-corrected chi connectivity index (χ2v) is 6.81. The van der Waals surface area contributed by atoms with E-state index in [-0.39, 0.29) is 17.7 Å². The average Bonchev–Trinajstić information content (AvgIpc) is 2.68. The lowest BCUT2D eigenvalue weighted by Crippen LogP contribution is -2.33. The Hall–Kier alpha value is -3.35. The van der Waals surface area contributed by atoms with Crippen LogP contribution in [0.1, 0.15) is 35.3 Å². The van der Waals surface area contributed by atoms with Gasteiger partial charge in [-0.1, -0.05) is 6.07 Å². The van der Waals surface area contributed by atoms with Gasteiger partial charge in [0.15, 0.2) is 6.10 Å². The topological polar surface area (TPSA) is 96.5 Å². The van der Waals surface area contributed by atoms with Crippen LogP contribution < -0.4 is 20.7 Å². The molecule has 2 rings (SSSR count). The summed E-state index contributed by atoms with van der Waals surface area (Å²) in [7, 11) is 0. The fraction of sp³-hybridized carbons (Fsp3) is 0.318. The molecule has 0 aliphatic rings. The van der Waals surface area contributed by atoms with Crippen LogP contribution in [-0.4, -0.2) is 36.9 Å².